The molecule has 0 aromatic heterocycles. The van der Waals surface area contributed by atoms with E-state index in [9.17, 15) is 4.79 Å². The maximum Gasteiger partial charge on any atom is 0.234 e. The SMILES string of the molecule is O=C(CN1CCN(CCOc2ccccc2)CC1)NCC1(N2CCOCC2)CCCCC1. The molecule has 0 unspecified atom stereocenters. The number of hydrogen-bond donors (Lipinski definition) is 1. The van der Waals surface area contributed by atoms with Gasteiger partial charge in [0.2, 0.25) is 5.91 Å². The minimum absolute atomic E-state index is 0.134. The number of benzene rings is 1. The molecule has 2 saturated heterocycles. The summed E-state index contributed by atoms with van der Waals surface area (Å²) < 4.78 is 11.4. The molecule has 178 valence electrons. The van der Waals surface area contributed by atoms with Crippen molar-refractivity contribution < 1.29 is 14.3 Å². The molecule has 1 aromatic rings. The van der Waals surface area contributed by atoms with Crippen LogP contribution in [0.25, 0.3) is 0 Å². The Balaban J connectivity index is 1.15. The average molecular weight is 445 g/mol. The Morgan fingerprint density at radius 3 is 2.34 bits per heavy atom. The zero-order valence-electron chi connectivity index (χ0n) is 19.5. The summed E-state index contributed by atoms with van der Waals surface area (Å²) >= 11 is 0. The summed E-state index contributed by atoms with van der Waals surface area (Å²) in [5, 5.41) is 3.30. The van der Waals surface area contributed by atoms with E-state index < -0.39 is 0 Å². The Morgan fingerprint density at radius 1 is 0.938 bits per heavy atom. The third kappa shape index (κ3) is 6.67. The second kappa shape index (κ2) is 12.0. The molecule has 1 aromatic carbocycles. The molecule has 0 bridgehead atoms. The maximum absolute atomic E-state index is 12.8. The number of carbonyl (C=O) groups is 1. The molecule has 0 atom stereocenters. The van der Waals surface area contributed by atoms with Gasteiger partial charge in [0.05, 0.1) is 19.8 Å². The number of ether oxygens (including phenoxy) is 2. The highest BCUT2D eigenvalue weighted by Crippen LogP contribution is 2.33. The normalized spacial score (nSPS) is 23.0. The molecule has 0 spiro atoms. The van der Waals surface area contributed by atoms with Crippen molar-refractivity contribution in [3.8, 4) is 5.75 Å². The highest BCUT2D eigenvalue weighted by Gasteiger charge is 2.38. The highest BCUT2D eigenvalue weighted by molar-refractivity contribution is 5.78. The number of piperazine rings is 1. The minimum Gasteiger partial charge on any atom is -0.492 e. The second-order valence-electron chi connectivity index (χ2n) is 9.44. The molecule has 7 heteroatoms. The van der Waals surface area contributed by atoms with Crippen LogP contribution in [0, 0.1) is 0 Å². The summed E-state index contributed by atoms with van der Waals surface area (Å²) in [5.74, 6) is 1.10. The molecule has 4 rings (SSSR count). The van der Waals surface area contributed by atoms with Gasteiger partial charge in [-0.05, 0) is 25.0 Å². The van der Waals surface area contributed by atoms with Crippen LogP contribution in [0.2, 0.25) is 0 Å². The molecular weight excluding hydrogens is 404 g/mol. The van der Waals surface area contributed by atoms with Gasteiger partial charge in [-0.1, -0.05) is 37.5 Å². The van der Waals surface area contributed by atoms with E-state index in [1.807, 2.05) is 30.3 Å². The van der Waals surface area contributed by atoms with Gasteiger partial charge in [-0.15, -0.1) is 0 Å². The van der Waals surface area contributed by atoms with Crippen LogP contribution in [0.5, 0.6) is 5.75 Å². The summed E-state index contributed by atoms with van der Waals surface area (Å²) in [6, 6.07) is 9.98. The van der Waals surface area contributed by atoms with Crippen LogP contribution in [-0.2, 0) is 9.53 Å². The van der Waals surface area contributed by atoms with Crippen molar-refractivity contribution in [1.82, 2.24) is 20.0 Å². The number of nitrogens with one attached hydrogen (secondary N) is 1. The summed E-state index contributed by atoms with van der Waals surface area (Å²) in [6.45, 7) is 10.4. The van der Waals surface area contributed by atoms with Gasteiger partial charge in [-0.2, -0.15) is 0 Å². The highest BCUT2D eigenvalue weighted by atomic mass is 16.5. The van der Waals surface area contributed by atoms with Crippen LogP contribution in [0.15, 0.2) is 30.3 Å². The molecule has 3 fully saturated rings. The quantitative estimate of drug-likeness (QED) is 0.627. The van der Waals surface area contributed by atoms with Crippen LogP contribution in [0.1, 0.15) is 32.1 Å². The van der Waals surface area contributed by atoms with Crippen molar-refractivity contribution in [2.24, 2.45) is 0 Å². The fourth-order valence-corrected chi connectivity index (χ4v) is 5.35. The molecule has 1 amide bonds. The van der Waals surface area contributed by atoms with Gasteiger partial charge in [0, 0.05) is 57.9 Å². The fraction of sp³-hybridized carbons (Fsp3) is 0.720. The Hall–Kier alpha value is -1.67. The molecule has 32 heavy (non-hydrogen) atoms. The Kier molecular flexibility index (Phi) is 8.79. The largest absolute Gasteiger partial charge is 0.492 e. The summed E-state index contributed by atoms with van der Waals surface area (Å²) in [7, 11) is 0. The first-order valence-electron chi connectivity index (χ1n) is 12.5. The average Bonchev–Trinajstić information content (AvgIpc) is 2.86. The molecule has 3 aliphatic rings. The van der Waals surface area contributed by atoms with E-state index in [0.717, 1.165) is 71.3 Å². The zero-order valence-corrected chi connectivity index (χ0v) is 19.5. The number of carbonyl (C=O) groups excluding carboxylic acids is 1. The smallest absolute Gasteiger partial charge is 0.234 e. The van der Waals surface area contributed by atoms with Crippen molar-refractivity contribution in [2.75, 3.05) is 78.7 Å². The predicted octanol–water partition coefficient (Wildman–Crippen LogP) is 1.83. The van der Waals surface area contributed by atoms with Gasteiger partial charge in [0.25, 0.3) is 0 Å². The van der Waals surface area contributed by atoms with E-state index in [1.54, 1.807) is 0 Å². The third-order valence-corrected chi connectivity index (χ3v) is 7.33. The number of rotatable bonds is 9. The second-order valence-corrected chi connectivity index (χ2v) is 9.44. The third-order valence-electron chi connectivity index (χ3n) is 7.33. The van der Waals surface area contributed by atoms with Gasteiger partial charge in [0.1, 0.15) is 12.4 Å². The van der Waals surface area contributed by atoms with Crippen LogP contribution in [-0.4, -0.2) is 105 Å². The van der Waals surface area contributed by atoms with E-state index in [1.165, 1.54) is 32.1 Å². The molecule has 1 N–H and O–H groups in total. The topological polar surface area (TPSA) is 57.3 Å². The van der Waals surface area contributed by atoms with Gasteiger partial charge in [-0.25, -0.2) is 0 Å². The number of amides is 1. The predicted molar refractivity (Wildman–Crippen MR) is 126 cm³/mol. The van der Waals surface area contributed by atoms with Gasteiger partial charge in [-0.3, -0.25) is 19.5 Å². The van der Waals surface area contributed by atoms with E-state index in [-0.39, 0.29) is 11.4 Å². The van der Waals surface area contributed by atoms with Crippen molar-refractivity contribution in [2.45, 2.75) is 37.6 Å². The lowest BCUT2D eigenvalue weighted by molar-refractivity contribution is -0.124. The first-order valence-corrected chi connectivity index (χ1v) is 12.5. The first kappa shape index (κ1) is 23.5. The molecule has 1 saturated carbocycles. The lowest BCUT2D eigenvalue weighted by Gasteiger charge is -2.48. The van der Waals surface area contributed by atoms with Crippen LogP contribution in [0.3, 0.4) is 0 Å². The number of hydrogen-bond acceptors (Lipinski definition) is 6. The Bertz CT molecular complexity index is 682. The fourth-order valence-electron chi connectivity index (χ4n) is 5.35. The summed E-state index contributed by atoms with van der Waals surface area (Å²) in [5.41, 5.74) is 0.134. The van der Waals surface area contributed by atoms with E-state index in [4.69, 9.17) is 9.47 Å². The molecule has 2 aliphatic heterocycles. The maximum atomic E-state index is 12.8. The van der Waals surface area contributed by atoms with E-state index in [2.05, 4.69) is 20.0 Å². The van der Waals surface area contributed by atoms with Gasteiger partial charge < -0.3 is 14.8 Å². The summed E-state index contributed by atoms with van der Waals surface area (Å²) in [4.78, 5) is 20.1. The monoisotopic (exact) mass is 444 g/mol. The van der Waals surface area contributed by atoms with Crippen LogP contribution >= 0.6 is 0 Å². The van der Waals surface area contributed by atoms with E-state index >= 15 is 0 Å². The van der Waals surface area contributed by atoms with Crippen molar-refractivity contribution in [3.63, 3.8) is 0 Å². The van der Waals surface area contributed by atoms with Crippen LogP contribution < -0.4 is 10.1 Å². The molecule has 7 nitrogen and oxygen atoms in total. The minimum atomic E-state index is 0.134. The number of para-hydroxylation sites is 1. The lowest BCUT2D eigenvalue weighted by atomic mass is 9.79. The van der Waals surface area contributed by atoms with Crippen molar-refractivity contribution in [1.29, 1.82) is 0 Å². The molecular formula is C25H40N4O3. The van der Waals surface area contributed by atoms with Gasteiger partial charge >= 0.3 is 0 Å². The van der Waals surface area contributed by atoms with Crippen molar-refractivity contribution >= 4 is 5.91 Å². The van der Waals surface area contributed by atoms with Gasteiger partial charge in [0.15, 0.2) is 0 Å². The number of nitrogens with zero attached hydrogens (tertiary/aromatic N) is 3. The zero-order chi connectivity index (χ0) is 22.1. The Labute approximate surface area is 193 Å². The number of morpholine rings is 1. The van der Waals surface area contributed by atoms with Crippen molar-refractivity contribution in [3.05, 3.63) is 30.3 Å². The molecule has 1 aliphatic carbocycles. The Morgan fingerprint density at radius 2 is 1.62 bits per heavy atom. The first-order chi connectivity index (χ1) is 15.7. The molecule has 2 heterocycles. The standard InChI is InChI=1S/C25H40N4O3/c30-24(26-22-25(9-5-2-6-10-25)29-16-18-31-19-17-29)21-28-13-11-27(12-14-28)15-20-32-23-7-3-1-4-8-23/h1,3-4,7-8H,2,5-6,9-22H2,(H,26,30). The van der Waals surface area contributed by atoms with Crippen LogP contribution in [0.4, 0.5) is 0 Å². The summed E-state index contributed by atoms with van der Waals surface area (Å²) in [6.07, 6.45) is 6.24. The molecule has 0 radical (unpaired) electrons. The lowest BCUT2D eigenvalue weighted by Crippen LogP contribution is -2.60. The van der Waals surface area contributed by atoms with E-state index in [0.29, 0.717) is 13.2 Å².